The smallest absolute Gasteiger partial charge is 0.291 e. The number of aromatic nitrogens is 4. The third kappa shape index (κ3) is 2.90. The molecule has 2 aliphatic rings. The van der Waals surface area contributed by atoms with E-state index in [4.69, 9.17) is 9.72 Å². The second kappa shape index (κ2) is 7.05. The molecule has 0 bridgehead atoms. The van der Waals surface area contributed by atoms with E-state index in [1.165, 1.54) is 0 Å². The van der Waals surface area contributed by atoms with E-state index in [0.29, 0.717) is 25.5 Å². The number of anilines is 1. The quantitative estimate of drug-likeness (QED) is 0.671. The minimum Gasteiger partial charge on any atom is -0.492 e. The number of thiazole rings is 1. The Bertz CT molecular complexity index is 1020. The van der Waals surface area contributed by atoms with Gasteiger partial charge in [-0.25, -0.2) is 4.98 Å². The van der Waals surface area contributed by atoms with Gasteiger partial charge in [0.15, 0.2) is 5.13 Å². The molecule has 146 valence electrons. The zero-order valence-corrected chi connectivity index (χ0v) is 16.6. The number of rotatable bonds is 4. The Balaban J connectivity index is 1.30. The molecule has 0 saturated carbocycles. The zero-order chi connectivity index (χ0) is 19.1. The van der Waals surface area contributed by atoms with Gasteiger partial charge in [-0.15, -0.1) is 10.2 Å². The van der Waals surface area contributed by atoms with Crippen molar-refractivity contribution in [2.75, 3.05) is 37.7 Å². The number of amides is 1. The van der Waals surface area contributed by atoms with Crippen LogP contribution in [-0.4, -0.2) is 63.3 Å². The summed E-state index contributed by atoms with van der Waals surface area (Å²) in [6, 6.07) is 6.04. The highest BCUT2D eigenvalue weighted by Crippen LogP contribution is 2.34. The molecule has 28 heavy (non-hydrogen) atoms. The lowest BCUT2D eigenvalue weighted by Gasteiger charge is -2.34. The number of benzene rings is 1. The second-order valence-corrected chi connectivity index (χ2v) is 8.02. The summed E-state index contributed by atoms with van der Waals surface area (Å²) in [6.45, 7) is 6.29. The highest BCUT2D eigenvalue weighted by Gasteiger charge is 2.29. The molecule has 0 aliphatic carbocycles. The van der Waals surface area contributed by atoms with E-state index in [-0.39, 0.29) is 5.91 Å². The molecule has 2 aliphatic heterocycles. The van der Waals surface area contributed by atoms with Crippen LogP contribution in [0.3, 0.4) is 0 Å². The number of carbonyl (C=O) groups is 1. The minimum absolute atomic E-state index is 0.0109. The summed E-state index contributed by atoms with van der Waals surface area (Å²) in [5.74, 6) is 2.24. The first kappa shape index (κ1) is 17.4. The summed E-state index contributed by atoms with van der Waals surface area (Å²) in [5.41, 5.74) is 0.918. The van der Waals surface area contributed by atoms with Crippen molar-refractivity contribution in [3.05, 3.63) is 29.8 Å². The normalized spacial score (nSPS) is 16.6. The first-order valence-electron chi connectivity index (χ1n) is 9.73. The van der Waals surface area contributed by atoms with E-state index in [0.717, 1.165) is 59.4 Å². The molecular weight excluding hydrogens is 376 g/mol. The van der Waals surface area contributed by atoms with E-state index in [9.17, 15) is 4.79 Å². The lowest BCUT2D eigenvalue weighted by atomic mass is 10.3. The van der Waals surface area contributed by atoms with E-state index in [2.05, 4.69) is 21.2 Å². The standard InChI is InChI=1S/C19H22N6O2S/c1-2-27-13-5-3-6-14-16(13)20-19(28-14)24-11-9-23(10-12-24)18(26)17-22-21-15-7-4-8-25(15)17/h3,5-6H,2,4,7-12H2,1H3. The van der Waals surface area contributed by atoms with Crippen molar-refractivity contribution in [2.45, 2.75) is 26.3 Å². The van der Waals surface area contributed by atoms with Crippen LogP contribution in [0, 0.1) is 0 Å². The number of carbonyl (C=O) groups excluding carboxylic acids is 1. The molecule has 4 heterocycles. The number of para-hydroxylation sites is 1. The molecule has 2 aromatic heterocycles. The Labute approximate surface area is 166 Å². The molecule has 1 fully saturated rings. The van der Waals surface area contributed by atoms with Gasteiger partial charge in [0, 0.05) is 39.1 Å². The Morgan fingerprint density at radius 3 is 2.86 bits per heavy atom. The first-order valence-corrected chi connectivity index (χ1v) is 10.5. The molecule has 0 spiro atoms. The Hall–Kier alpha value is -2.68. The molecule has 0 unspecified atom stereocenters. The van der Waals surface area contributed by atoms with Crippen LogP contribution >= 0.6 is 11.3 Å². The van der Waals surface area contributed by atoms with Gasteiger partial charge in [0.25, 0.3) is 5.91 Å². The average molecular weight is 398 g/mol. The van der Waals surface area contributed by atoms with Gasteiger partial charge in [-0.05, 0) is 25.5 Å². The molecule has 0 radical (unpaired) electrons. The zero-order valence-electron chi connectivity index (χ0n) is 15.8. The molecule has 1 amide bonds. The Kier molecular flexibility index (Phi) is 4.38. The first-order chi connectivity index (χ1) is 13.7. The van der Waals surface area contributed by atoms with Crippen LogP contribution in [-0.2, 0) is 13.0 Å². The van der Waals surface area contributed by atoms with Crippen LogP contribution in [0.2, 0.25) is 0 Å². The molecule has 3 aromatic rings. The lowest BCUT2D eigenvalue weighted by Crippen LogP contribution is -2.49. The molecule has 1 aromatic carbocycles. The molecule has 5 rings (SSSR count). The molecule has 8 nitrogen and oxygen atoms in total. The van der Waals surface area contributed by atoms with E-state index < -0.39 is 0 Å². The van der Waals surface area contributed by atoms with Crippen LogP contribution in [0.4, 0.5) is 5.13 Å². The number of hydrogen-bond acceptors (Lipinski definition) is 7. The predicted molar refractivity (Wildman–Crippen MR) is 107 cm³/mol. The number of aryl methyl sites for hydroxylation is 1. The Morgan fingerprint density at radius 1 is 1.18 bits per heavy atom. The molecule has 0 N–H and O–H groups in total. The van der Waals surface area contributed by atoms with Gasteiger partial charge in [-0.3, -0.25) is 4.79 Å². The molecule has 1 saturated heterocycles. The van der Waals surface area contributed by atoms with Crippen molar-refractivity contribution in [1.29, 1.82) is 0 Å². The van der Waals surface area contributed by atoms with Gasteiger partial charge in [0.1, 0.15) is 17.1 Å². The van der Waals surface area contributed by atoms with Gasteiger partial charge in [-0.2, -0.15) is 0 Å². The fourth-order valence-corrected chi connectivity index (χ4v) is 4.90. The maximum atomic E-state index is 12.9. The Morgan fingerprint density at radius 2 is 2.04 bits per heavy atom. The summed E-state index contributed by atoms with van der Waals surface area (Å²) >= 11 is 1.67. The molecule has 9 heteroatoms. The number of nitrogens with zero attached hydrogens (tertiary/aromatic N) is 6. The van der Waals surface area contributed by atoms with Gasteiger partial charge in [-0.1, -0.05) is 17.4 Å². The van der Waals surface area contributed by atoms with Gasteiger partial charge < -0.3 is 19.1 Å². The maximum Gasteiger partial charge on any atom is 0.291 e. The van der Waals surface area contributed by atoms with Crippen molar-refractivity contribution in [3.8, 4) is 5.75 Å². The SMILES string of the molecule is CCOc1cccc2sc(N3CCN(C(=O)c4nnc5n4CCC5)CC3)nc12. The van der Waals surface area contributed by atoms with Crippen molar-refractivity contribution in [3.63, 3.8) is 0 Å². The number of fused-ring (bicyclic) bond motifs is 2. The molecule has 0 atom stereocenters. The monoisotopic (exact) mass is 398 g/mol. The number of ether oxygens (including phenoxy) is 1. The second-order valence-electron chi connectivity index (χ2n) is 7.01. The lowest BCUT2D eigenvalue weighted by molar-refractivity contribution is 0.0729. The van der Waals surface area contributed by atoms with Crippen molar-refractivity contribution < 1.29 is 9.53 Å². The average Bonchev–Trinajstić information content (AvgIpc) is 3.43. The molecular formula is C19H22N6O2S. The highest BCUT2D eigenvalue weighted by atomic mass is 32.1. The van der Waals surface area contributed by atoms with Crippen molar-refractivity contribution in [2.24, 2.45) is 0 Å². The van der Waals surface area contributed by atoms with Gasteiger partial charge in [0.2, 0.25) is 5.82 Å². The predicted octanol–water partition coefficient (Wildman–Crippen LogP) is 2.20. The summed E-state index contributed by atoms with van der Waals surface area (Å²) in [7, 11) is 0. The van der Waals surface area contributed by atoms with Crippen LogP contribution < -0.4 is 9.64 Å². The van der Waals surface area contributed by atoms with Gasteiger partial charge in [0.05, 0.1) is 11.3 Å². The van der Waals surface area contributed by atoms with E-state index in [1.54, 1.807) is 11.3 Å². The number of hydrogen-bond donors (Lipinski definition) is 0. The fourth-order valence-electron chi connectivity index (χ4n) is 3.87. The minimum atomic E-state index is -0.0109. The van der Waals surface area contributed by atoms with E-state index in [1.807, 2.05) is 28.5 Å². The van der Waals surface area contributed by atoms with Crippen LogP contribution in [0.15, 0.2) is 18.2 Å². The summed E-state index contributed by atoms with van der Waals surface area (Å²) in [4.78, 5) is 21.8. The number of piperazine rings is 1. The van der Waals surface area contributed by atoms with Crippen molar-refractivity contribution in [1.82, 2.24) is 24.6 Å². The maximum absolute atomic E-state index is 12.9. The van der Waals surface area contributed by atoms with Crippen LogP contribution in [0.25, 0.3) is 10.2 Å². The van der Waals surface area contributed by atoms with E-state index >= 15 is 0 Å². The topological polar surface area (TPSA) is 76.4 Å². The van der Waals surface area contributed by atoms with Crippen molar-refractivity contribution >= 4 is 32.6 Å². The van der Waals surface area contributed by atoms with Gasteiger partial charge >= 0.3 is 0 Å². The fraction of sp³-hybridized carbons (Fsp3) is 0.474. The third-order valence-corrected chi connectivity index (χ3v) is 6.39. The van der Waals surface area contributed by atoms with Crippen LogP contribution in [0.1, 0.15) is 29.8 Å². The third-order valence-electron chi connectivity index (χ3n) is 5.31. The summed E-state index contributed by atoms with van der Waals surface area (Å²) in [5, 5.41) is 9.27. The summed E-state index contributed by atoms with van der Waals surface area (Å²) in [6.07, 6.45) is 1.95. The highest BCUT2D eigenvalue weighted by molar-refractivity contribution is 7.22. The van der Waals surface area contributed by atoms with Crippen LogP contribution in [0.5, 0.6) is 5.75 Å². The largest absolute Gasteiger partial charge is 0.492 e. The summed E-state index contributed by atoms with van der Waals surface area (Å²) < 4.78 is 8.80.